The number of anilines is 1. The van der Waals surface area contributed by atoms with E-state index in [9.17, 15) is 0 Å². The van der Waals surface area contributed by atoms with Crippen LogP contribution in [-0.2, 0) is 10.2 Å². The van der Waals surface area contributed by atoms with Crippen LogP contribution in [0, 0.1) is 0 Å². The summed E-state index contributed by atoms with van der Waals surface area (Å²) in [6, 6.07) is 8.87. The van der Waals surface area contributed by atoms with Gasteiger partial charge in [-0.25, -0.2) is 0 Å². The maximum absolute atomic E-state index is 5.74. The van der Waals surface area contributed by atoms with Gasteiger partial charge in [-0.3, -0.25) is 0 Å². The van der Waals surface area contributed by atoms with Gasteiger partial charge < -0.3 is 15.0 Å². The van der Waals surface area contributed by atoms with E-state index in [1.807, 2.05) is 0 Å². The predicted octanol–water partition coefficient (Wildman–Crippen LogP) is 2.41. The summed E-state index contributed by atoms with van der Waals surface area (Å²) in [4.78, 5) is 2.27. The summed E-state index contributed by atoms with van der Waals surface area (Å²) < 4.78 is 5.74. The number of nitrogens with zero attached hydrogens (tertiary/aromatic N) is 1. The Morgan fingerprint density at radius 2 is 1.95 bits per heavy atom. The van der Waals surface area contributed by atoms with Crippen LogP contribution >= 0.6 is 0 Å². The molecule has 1 aliphatic rings. The van der Waals surface area contributed by atoms with Crippen molar-refractivity contribution in [2.75, 3.05) is 38.2 Å². The summed E-state index contributed by atoms with van der Waals surface area (Å²) in [6.07, 6.45) is 0.293. The molecular weight excluding hydrogens is 236 g/mol. The molecule has 0 saturated carbocycles. The summed E-state index contributed by atoms with van der Waals surface area (Å²) in [7, 11) is 2.13. The van der Waals surface area contributed by atoms with Crippen molar-refractivity contribution in [3.63, 3.8) is 0 Å². The highest BCUT2D eigenvalue weighted by atomic mass is 16.5. The summed E-state index contributed by atoms with van der Waals surface area (Å²) >= 11 is 0. The molecular formula is C16H26N2O. The van der Waals surface area contributed by atoms with Crippen LogP contribution in [-0.4, -0.2) is 39.4 Å². The first-order chi connectivity index (χ1) is 8.97. The lowest BCUT2D eigenvalue weighted by atomic mass is 9.87. The van der Waals surface area contributed by atoms with E-state index in [4.69, 9.17) is 4.74 Å². The average molecular weight is 262 g/mol. The van der Waals surface area contributed by atoms with E-state index < -0.39 is 0 Å². The molecule has 0 radical (unpaired) electrons. The molecule has 1 aromatic rings. The zero-order chi connectivity index (χ0) is 13.9. The van der Waals surface area contributed by atoms with Gasteiger partial charge in [-0.05, 0) is 23.1 Å². The van der Waals surface area contributed by atoms with E-state index in [2.05, 4.69) is 62.3 Å². The highest BCUT2D eigenvalue weighted by molar-refractivity contribution is 5.48. The van der Waals surface area contributed by atoms with Crippen LogP contribution in [0.2, 0.25) is 0 Å². The van der Waals surface area contributed by atoms with Crippen LogP contribution in [0.3, 0.4) is 0 Å². The van der Waals surface area contributed by atoms with Gasteiger partial charge in [0.05, 0.1) is 12.7 Å². The van der Waals surface area contributed by atoms with E-state index >= 15 is 0 Å². The van der Waals surface area contributed by atoms with Crippen LogP contribution < -0.4 is 10.2 Å². The van der Waals surface area contributed by atoms with Gasteiger partial charge in [0, 0.05) is 32.4 Å². The van der Waals surface area contributed by atoms with Crippen molar-refractivity contribution in [2.24, 2.45) is 0 Å². The van der Waals surface area contributed by atoms with Crippen molar-refractivity contribution >= 4 is 5.69 Å². The minimum absolute atomic E-state index is 0.216. The van der Waals surface area contributed by atoms with Crippen molar-refractivity contribution in [2.45, 2.75) is 32.3 Å². The first-order valence-electron chi connectivity index (χ1n) is 7.11. The second-order valence-electron chi connectivity index (χ2n) is 6.37. The Bertz CT molecular complexity index is 388. The van der Waals surface area contributed by atoms with E-state index in [1.54, 1.807) is 0 Å². The first kappa shape index (κ1) is 14.4. The third-order valence-electron chi connectivity index (χ3n) is 3.66. The standard InChI is InChI=1S/C16H26N2O/c1-16(2,3)13-5-7-14(8-6-13)18(4)12-15-11-17-9-10-19-15/h5-8,15,17H,9-12H2,1-4H3. The Kier molecular flexibility index (Phi) is 4.48. The van der Waals surface area contributed by atoms with Crippen molar-refractivity contribution in [1.82, 2.24) is 5.32 Å². The first-order valence-corrected chi connectivity index (χ1v) is 7.11. The van der Waals surface area contributed by atoms with E-state index in [1.165, 1.54) is 11.3 Å². The van der Waals surface area contributed by atoms with Gasteiger partial charge in [0.25, 0.3) is 0 Å². The molecule has 0 bridgehead atoms. The molecule has 1 unspecified atom stereocenters. The highest BCUT2D eigenvalue weighted by Crippen LogP contribution is 2.24. The molecule has 1 aliphatic heterocycles. The molecule has 1 heterocycles. The predicted molar refractivity (Wildman–Crippen MR) is 81.0 cm³/mol. The smallest absolute Gasteiger partial charge is 0.0874 e. The molecule has 1 atom stereocenters. The fourth-order valence-corrected chi connectivity index (χ4v) is 2.36. The zero-order valence-corrected chi connectivity index (χ0v) is 12.6. The third-order valence-corrected chi connectivity index (χ3v) is 3.66. The topological polar surface area (TPSA) is 24.5 Å². The molecule has 0 aliphatic carbocycles. The number of ether oxygens (including phenoxy) is 1. The maximum Gasteiger partial charge on any atom is 0.0874 e. The van der Waals surface area contributed by atoms with Gasteiger partial charge in [0.1, 0.15) is 0 Å². The Morgan fingerprint density at radius 1 is 1.26 bits per heavy atom. The average Bonchev–Trinajstić information content (AvgIpc) is 2.39. The lowest BCUT2D eigenvalue weighted by molar-refractivity contribution is 0.0340. The van der Waals surface area contributed by atoms with Crippen molar-refractivity contribution in [3.8, 4) is 0 Å². The Balaban J connectivity index is 1.97. The molecule has 2 rings (SSSR count). The number of morpholine rings is 1. The molecule has 1 saturated heterocycles. The molecule has 0 amide bonds. The Labute approximate surface area is 116 Å². The highest BCUT2D eigenvalue weighted by Gasteiger charge is 2.17. The summed E-state index contributed by atoms with van der Waals surface area (Å²) in [6.45, 7) is 10.4. The number of hydrogen-bond acceptors (Lipinski definition) is 3. The molecule has 3 nitrogen and oxygen atoms in total. The number of rotatable bonds is 3. The number of nitrogens with one attached hydrogen (secondary N) is 1. The van der Waals surface area contributed by atoms with Gasteiger partial charge in [-0.2, -0.15) is 0 Å². The van der Waals surface area contributed by atoms with E-state index in [0.29, 0.717) is 6.10 Å². The zero-order valence-electron chi connectivity index (χ0n) is 12.6. The number of benzene rings is 1. The summed E-state index contributed by atoms with van der Waals surface area (Å²) in [5.74, 6) is 0. The molecule has 19 heavy (non-hydrogen) atoms. The van der Waals surface area contributed by atoms with Gasteiger partial charge >= 0.3 is 0 Å². The lowest BCUT2D eigenvalue weighted by Crippen LogP contribution is -2.44. The second-order valence-corrected chi connectivity index (χ2v) is 6.37. The number of hydrogen-bond donors (Lipinski definition) is 1. The molecule has 1 fully saturated rings. The molecule has 1 N–H and O–H groups in total. The van der Waals surface area contributed by atoms with E-state index in [-0.39, 0.29) is 5.41 Å². The second kappa shape index (κ2) is 5.93. The Morgan fingerprint density at radius 3 is 2.47 bits per heavy atom. The normalized spacial score (nSPS) is 20.3. The minimum atomic E-state index is 0.216. The Hall–Kier alpha value is -1.06. The van der Waals surface area contributed by atoms with Gasteiger partial charge in [-0.15, -0.1) is 0 Å². The van der Waals surface area contributed by atoms with Crippen LogP contribution in [0.15, 0.2) is 24.3 Å². The van der Waals surface area contributed by atoms with Crippen LogP contribution in [0.1, 0.15) is 26.3 Å². The minimum Gasteiger partial charge on any atom is -0.374 e. The van der Waals surface area contributed by atoms with Crippen molar-refractivity contribution in [3.05, 3.63) is 29.8 Å². The fraction of sp³-hybridized carbons (Fsp3) is 0.625. The van der Waals surface area contributed by atoms with Gasteiger partial charge in [0.2, 0.25) is 0 Å². The SMILES string of the molecule is CN(CC1CNCCO1)c1ccc(C(C)(C)C)cc1. The molecule has 0 aromatic heterocycles. The van der Waals surface area contributed by atoms with Crippen LogP contribution in [0.4, 0.5) is 5.69 Å². The largest absolute Gasteiger partial charge is 0.374 e. The molecule has 0 spiro atoms. The summed E-state index contributed by atoms with van der Waals surface area (Å²) in [5, 5.41) is 3.37. The van der Waals surface area contributed by atoms with Crippen LogP contribution in [0.5, 0.6) is 0 Å². The summed E-state index contributed by atoms with van der Waals surface area (Å²) in [5.41, 5.74) is 2.84. The third kappa shape index (κ3) is 3.95. The molecule has 106 valence electrons. The molecule has 3 heteroatoms. The maximum atomic E-state index is 5.74. The van der Waals surface area contributed by atoms with Crippen molar-refractivity contribution in [1.29, 1.82) is 0 Å². The van der Waals surface area contributed by atoms with Crippen molar-refractivity contribution < 1.29 is 4.74 Å². The number of likely N-dealkylation sites (N-methyl/N-ethyl adjacent to an activating group) is 1. The monoisotopic (exact) mass is 262 g/mol. The quantitative estimate of drug-likeness (QED) is 0.905. The van der Waals surface area contributed by atoms with Gasteiger partial charge in [0.15, 0.2) is 0 Å². The lowest BCUT2D eigenvalue weighted by Gasteiger charge is -2.29. The fourth-order valence-electron chi connectivity index (χ4n) is 2.36. The van der Waals surface area contributed by atoms with Crippen LogP contribution in [0.25, 0.3) is 0 Å². The van der Waals surface area contributed by atoms with E-state index in [0.717, 1.165) is 26.2 Å². The van der Waals surface area contributed by atoms with Gasteiger partial charge in [-0.1, -0.05) is 32.9 Å². The molecule has 1 aromatic carbocycles.